The Hall–Kier alpha value is -2.16. The van der Waals surface area contributed by atoms with Crippen LogP contribution in [0, 0.1) is 0 Å². The number of hydrogen-bond donors (Lipinski definition) is 1. The van der Waals surface area contributed by atoms with Gasteiger partial charge in [-0.05, 0) is 43.2 Å². The van der Waals surface area contributed by atoms with Crippen LogP contribution in [0.2, 0.25) is 5.02 Å². The van der Waals surface area contributed by atoms with Gasteiger partial charge in [-0.2, -0.15) is 4.31 Å². The molecule has 1 aliphatic heterocycles. The van der Waals surface area contributed by atoms with Crippen molar-refractivity contribution in [2.45, 2.75) is 24.2 Å². The summed E-state index contributed by atoms with van der Waals surface area (Å²) in [5.41, 5.74) is 0.371. The highest BCUT2D eigenvalue weighted by Crippen LogP contribution is 2.30. The highest BCUT2D eigenvalue weighted by Gasteiger charge is 2.27. The van der Waals surface area contributed by atoms with Crippen LogP contribution in [-0.2, 0) is 10.0 Å². The van der Waals surface area contributed by atoms with E-state index < -0.39 is 15.9 Å². The van der Waals surface area contributed by atoms with Crippen LogP contribution in [0.1, 0.15) is 29.8 Å². The molecule has 1 aliphatic rings. The average Bonchev–Trinajstić information content (AvgIpc) is 2.68. The molecule has 2 aromatic rings. The molecule has 0 saturated carbocycles. The van der Waals surface area contributed by atoms with Gasteiger partial charge in [-0.25, -0.2) is 8.42 Å². The minimum absolute atomic E-state index is 0.111. The number of benzene rings is 1. The predicted octanol–water partition coefficient (Wildman–Crippen LogP) is 3.17. The maximum Gasteiger partial charge on any atom is 0.274 e. The van der Waals surface area contributed by atoms with Crippen molar-refractivity contribution in [2.75, 3.05) is 25.5 Å². The zero-order chi connectivity index (χ0) is 19.4. The summed E-state index contributed by atoms with van der Waals surface area (Å²) in [6, 6.07) is 7.40. The SMILES string of the molecule is COc1ccc(S(=O)(=O)N2CCCCC2)cc1NC(=O)c1cc(Cl)ccn1. The predicted molar refractivity (Wildman–Crippen MR) is 103 cm³/mol. The maximum atomic E-state index is 12.9. The molecular weight excluding hydrogens is 390 g/mol. The third kappa shape index (κ3) is 4.40. The van der Waals surface area contributed by atoms with Crippen LogP contribution in [0.5, 0.6) is 5.75 Å². The first-order valence-electron chi connectivity index (χ1n) is 8.53. The Morgan fingerprint density at radius 3 is 2.59 bits per heavy atom. The second-order valence-corrected chi connectivity index (χ2v) is 8.51. The van der Waals surface area contributed by atoms with E-state index in [2.05, 4.69) is 10.3 Å². The Bertz CT molecular complexity index is 943. The Morgan fingerprint density at radius 1 is 1.19 bits per heavy atom. The van der Waals surface area contributed by atoms with Crippen LogP contribution in [-0.4, -0.2) is 43.8 Å². The summed E-state index contributed by atoms with van der Waals surface area (Å²) in [4.78, 5) is 16.5. The molecule has 0 radical (unpaired) electrons. The fourth-order valence-corrected chi connectivity index (χ4v) is 4.62. The van der Waals surface area contributed by atoms with Gasteiger partial charge in [0.2, 0.25) is 10.0 Å². The third-order valence-electron chi connectivity index (χ3n) is 4.33. The van der Waals surface area contributed by atoms with Crippen molar-refractivity contribution in [1.82, 2.24) is 9.29 Å². The Labute approximate surface area is 163 Å². The molecule has 0 atom stereocenters. The summed E-state index contributed by atoms with van der Waals surface area (Å²) in [7, 11) is -2.18. The van der Waals surface area contributed by atoms with Crippen LogP contribution < -0.4 is 10.1 Å². The van der Waals surface area contributed by atoms with Crippen molar-refractivity contribution in [3.8, 4) is 5.75 Å². The Morgan fingerprint density at radius 2 is 1.93 bits per heavy atom. The largest absolute Gasteiger partial charge is 0.495 e. The van der Waals surface area contributed by atoms with E-state index in [-0.39, 0.29) is 16.3 Å². The zero-order valence-electron chi connectivity index (χ0n) is 14.8. The summed E-state index contributed by atoms with van der Waals surface area (Å²) in [6.45, 7) is 1.00. The second kappa shape index (κ2) is 8.24. The number of rotatable bonds is 5. The molecule has 27 heavy (non-hydrogen) atoms. The number of sulfonamides is 1. The molecule has 1 N–H and O–H groups in total. The molecule has 1 amide bonds. The number of nitrogens with one attached hydrogen (secondary N) is 1. The van der Waals surface area contributed by atoms with Gasteiger partial charge < -0.3 is 10.1 Å². The molecule has 0 spiro atoms. The number of aromatic nitrogens is 1. The third-order valence-corrected chi connectivity index (χ3v) is 6.46. The molecule has 0 unspecified atom stereocenters. The fraction of sp³-hybridized carbons (Fsp3) is 0.333. The monoisotopic (exact) mass is 409 g/mol. The van der Waals surface area contributed by atoms with Crippen LogP contribution in [0.3, 0.4) is 0 Å². The topological polar surface area (TPSA) is 88.6 Å². The van der Waals surface area contributed by atoms with Crippen LogP contribution in [0.25, 0.3) is 0 Å². The number of ether oxygens (including phenoxy) is 1. The molecule has 144 valence electrons. The first kappa shape index (κ1) is 19.6. The zero-order valence-corrected chi connectivity index (χ0v) is 16.4. The van der Waals surface area contributed by atoms with E-state index in [0.717, 1.165) is 19.3 Å². The smallest absolute Gasteiger partial charge is 0.274 e. The number of pyridine rings is 1. The van der Waals surface area contributed by atoms with E-state index in [1.54, 1.807) is 6.07 Å². The van der Waals surface area contributed by atoms with Gasteiger partial charge in [0, 0.05) is 24.3 Å². The van der Waals surface area contributed by atoms with Gasteiger partial charge in [0.1, 0.15) is 11.4 Å². The number of amides is 1. The van der Waals surface area contributed by atoms with Gasteiger partial charge in [-0.3, -0.25) is 9.78 Å². The van der Waals surface area contributed by atoms with E-state index in [4.69, 9.17) is 16.3 Å². The first-order valence-corrected chi connectivity index (χ1v) is 10.3. The lowest BCUT2D eigenvalue weighted by Gasteiger charge is -2.26. The number of nitrogens with zero attached hydrogens (tertiary/aromatic N) is 2. The molecule has 7 nitrogen and oxygen atoms in total. The summed E-state index contributed by atoms with van der Waals surface area (Å²) in [6.07, 6.45) is 4.15. The van der Waals surface area contributed by atoms with Crippen molar-refractivity contribution in [1.29, 1.82) is 0 Å². The number of carbonyl (C=O) groups excluding carboxylic acids is 1. The first-order chi connectivity index (χ1) is 12.9. The van der Waals surface area contributed by atoms with Gasteiger partial charge in [0.25, 0.3) is 5.91 Å². The van der Waals surface area contributed by atoms with Crippen LogP contribution in [0.15, 0.2) is 41.4 Å². The van der Waals surface area contributed by atoms with E-state index in [0.29, 0.717) is 23.9 Å². The van der Waals surface area contributed by atoms with E-state index in [1.165, 1.54) is 41.9 Å². The summed E-state index contributed by atoms with van der Waals surface area (Å²) >= 11 is 5.89. The molecule has 2 heterocycles. The lowest BCUT2D eigenvalue weighted by Crippen LogP contribution is -2.35. The molecule has 1 aromatic carbocycles. The van der Waals surface area contributed by atoms with Gasteiger partial charge in [-0.15, -0.1) is 0 Å². The molecule has 9 heteroatoms. The van der Waals surface area contributed by atoms with Crippen molar-refractivity contribution < 1.29 is 17.9 Å². The minimum Gasteiger partial charge on any atom is -0.495 e. The number of hydrogen-bond acceptors (Lipinski definition) is 5. The number of piperidine rings is 1. The van der Waals surface area contributed by atoms with Gasteiger partial charge in [0.15, 0.2) is 0 Å². The van der Waals surface area contributed by atoms with E-state index in [9.17, 15) is 13.2 Å². The average molecular weight is 410 g/mol. The lowest BCUT2D eigenvalue weighted by atomic mass is 10.2. The molecular formula is C18H20ClN3O4S. The van der Waals surface area contributed by atoms with Crippen LogP contribution >= 0.6 is 11.6 Å². The Balaban J connectivity index is 1.90. The minimum atomic E-state index is -3.63. The molecule has 3 rings (SSSR count). The van der Waals surface area contributed by atoms with Crippen molar-refractivity contribution >= 4 is 33.2 Å². The molecule has 0 aliphatic carbocycles. The normalized spacial score (nSPS) is 15.3. The number of anilines is 1. The lowest BCUT2D eigenvalue weighted by molar-refractivity contribution is 0.102. The van der Waals surface area contributed by atoms with Gasteiger partial charge in [0.05, 0.1) is 17.7 Å². The van der Waals surface area contributed by atoms with Gasteiger partial charge >= 0.3 is 0 Å². The van der Waals surface area contributed by atoms with Gasteiger partial charge in [-0.1, -0.05) is 18.0 Å². The summed E-state index contributed by atoms with van der Waals surface area (Å²) in [5.74, 6) is -0.161. The van der Waals surface area contributed by atoms with Crippen LogP contribution in [0.4, 0.5) is 5.69 Å². The molecule has 1 aromatic heterocycles. The highest BCUT2D eigenvalue weighted by atomic mass is 35.5. The Kier molecular flexibility index (Phi) is 5.98. The number of methoxy groups -OCH3 is 1. The van der Waals surface area contributed by atoms with E-state index in [1.807, 2.05) is 0 Å². The maximum absolute atomic E-state index is 12.9. The standard InChI is InChI=1S/C18H20ClN3O4S/c1-26-17-6-5-14(27(24,25)22-9-3-2-4-10-22)12-15(17)21-18(23)16-11-13(19)7-8-20-16/h5-8,11-12H,2-4,9-10H2,1H3,(H,21,23). The fourth-order valence-electron chi connectivity index (χ4n) is 2.91. The van der Waals surface area contributed by atoms with Crippen molar-refractivity contribution in [2.24, 2.45) is 0 Å². The molecule has 1 fully saturated rings. The van der Waals surface area contributed by atoms with E-state index >= 15 is 0 Å². The second-order valence-electron chi connectivity index (χ2n) is 6.14. The number of halogens is 1. The molecule has 1 saturated heterocycles. The highest BCUT2D eigenvalue weighted by molar-refractivity contribution is 7.89. The van der Waals surface area contributed by atoms with Crippen molar-refractivity contribution in [3.05, 3.63) is 47.2 Å². The molecule has 0 bridgehead atoms. The number of carbonyl (C=O) groups is 1. The summed E-state index contributed by atoms with van der Waals surface area (Å²) in [5, 5.41) is 3.03. The van der Waals surface area contributed by atoms with Crippen molar-refractivity contribution in [3.63, 3.8) is 0 Å². The summed E-state index contributed by atoms with van der Waals surface area (Å²) < 4.78 is 32.5. The quantitative estimate of drug-likeness (QED) is 0.819.